The lowest BCUT2D eigenvalue weighted by Crippen LogP contribution is -2.41. The molecule has 1 aliphatic heterocycles. The van der Waals surface area contributed by atoms with Gasteiger partial charge in [0, 0.05) is 32.3 Å². The molecule has 18 heavy (non-hydrogen) atoms. The van der Waals surface area contributed by atoms with Gasteiger partial charge in [-0.15, -0.1) is 0 Å². The molecule has 1 rings (SSSR count). The van der Waals surface area contributed by atoms with Crippen molar-refractivity contribution in [2.45, 2.75) is 51.9 Å². The van der Waals surface area contributed by atoms with Crippen molar-refractivity contribution in [2.75, 3.05) is 39.9 Å². The summed E-state index contributed by atoms with van der Waals surface area (Å²) in [5.74, 6) is 0. The van der Waals surface area contributed by atoms with Gasteiger partial charge in [0.1, 0.15) is 0 Å². The number of nitrogens with zero attached hydrogens (tertiary/aromatic N) is 1. The van der Waals surface area contributed by atoms with Crippen molar-refractivity contribution in [3.05, 3.63) is 0 Å². The molecule has 1 N–H and O–H groups in total. The van der Waals surface area contributed by atoms with E-state index in [-0.39, 0.29) is 0 Å². The monoisotopic (exact) mass is 258 g/mol. The lowest BCUT2D eigenvalue weighted by atomic mass is 10.2. The standard InChI is InChI=1S/C14H30N2O2/c1-12(2)17-9-7-16(4)13(3)10-15-11-14-6-5-8-18-14/h12-15H,5-11H2,1-4H3. The van der Waals surface area contributed by atoms with Gasteiger partial charge in [-0.3, -0.25) is 0 Å². The van der Waals surface area contributed by atoms with Crippen LogP contribution in [0.15, 0.2) is 0 Å². The van der Waals surface area contributed by atoms with Gasteiger partial charge in [-0.2, -0.15) is 0 Å². The second-order valence-electron chi connectivity index (χ2n) is 5.54. The van der Waals surface area contributed by atoms with Crippen molar-refractivity contribution in [3.63, 3.8) is 0 Å². The van der Waals surface area contributed by atoms with Crippen LogP contribution >= 0.6 is 0 Å². The Kier molecular flexibility index (Phi) is 7.82. The number of hydrogen-bond acceptors (Lipinski definition) is 4. The molecule has 2 atom stereocenters. The highest BCUT2D eigenvalue weighted by molar-refractivity contribution is 4.71. The maximum atomic E-state index is 5.59. The Balaban J connectivity index is 2.01. The summed E-state index contributed by atoms with van der Waals surface area (Å²) in [5, 5.41) is 3.50. The quantitative estimate of drug-likeness (QED) is 0.679. The normalized spacial score (nSPS) is 22.0. The van der Waals surface area contributed by atoms with E-state index in [1.807, 2.05) is 0 Å². The molecule has 1 fully saturated rings. The second kappa shape index (κ2) is 8.86. The highest BCUT2D eigenvalue weighted by Crippen LogP contribution is 2.10. The van der Waals surface area contributed by atoms with E-state index in [2.05, 4.69) is 38.0 Å². The van der Waals surface area contributed by atoms with Crippen LogP contribution in [0, 0.1) is 0 Å². The Bertz CT molecular complexity index is 206. The molecular formula is C14H30N2O2. The van der Waals surface area contributed by atoms with Crippen LogP contribution < -0.4 is 5.32 Å². The maximum absolute atomic E-state index is 5.59. The zero-order valence-corrected chi connectivity index (χ0v) is 12.4. The third kappa shape index (κ3) is 6.69. The molecule has 4 nitrogen and oxygen atoms in total. The first kappa shape index (κ1) is 15.9. The molecule has 108 valence electrons. The third-order valence-electron chi connectivity index (χ3n) is 3.48. The van der Waals surface area contributed by atoms with Crippen LogP contribution in [0.4, 0.5) is 0 Å². The summed E-state index contributed by atoms with van der Waals surface area (Å²) < 4.78 is 11.2. The van der Waals surface area contributed by atoms with Crippen LogP contribution in [0.2, 0.25) is 0 Å². The van der Waals surface area contributed by atoms with E-state index >= 15 is 0 Å². The van der Waals surface area contributed by atoms with Gasteiger partial charge in [0.15, 0.2) is 0 Å². The molecule has 0 amide bonds. The maximum Gasteiger partial charge on any atom is 0.0700 e. The lowest BCUT2D eigenvalue weighted by Gasteiger charge is -2.25. The Morgan fingerprint density at radius 1 is 1.39 bits per heavy atom. The minimum atomic E-state index is 0.325. The zero-order valence-electron chi connectivity index (χ0n) is 12.4. The number of nitrogens with one attached hydrogen (secondary N) is 1. The molecule has 0 saturated carbocycles. The van der Waals surface area contributed by atoms with Crippen LogP contribution in [0.25, 0.3) is 0 Å². The second-order valence-corrected chi connectivity index (χ2v) is 5.54. The van der Waals surface area contributed by atoms with Crippen LogP contribution in [0.5, 0.6) is 0 Å². The van der Waals surface area contributed by atoms with Crippen molar-refractivity contribution in [1.29, 1.82) is 0 Å². The third-order valence-corrected chi connectivity index (χ3v) is 3.48. The van der Waals surface area contributed by atoms with Gasteiger partial charge in [0.05, 0.1) is 18.8 Å². The van der Waals surface area contributed by atoms with E-state index in [0.717, 1.165) is 32.8 Å². The van der Waals surface area contributed by atoms with Crippen LogP contribution in [-0.4, -0.2) is 63.0 Å². The van der Waals surface area contributed by atoms with Crippen molar-refractivity contribution >= 4 is 0 Å². The van der Waals surface area contributed by atoms with Crippen LogP contribution in [0.1, 0.15) is 33.6 Å². The lowest BCUT2D eigenvalue weighted by molar-refractivity contribution is 0.0566. The summed E-state index contributed by atoms with van der Waals surface area (Å²) in [6.45, 7) is 11.1. The van der Waals surface area contributed by atoms with E-state index < -0.39 is 0 Å². The molecule has 2 unspecified atom stereocenters. The predicted molar refractivity (Wildman–Crippen MR) is 75.0 cm³/mol. The van der Waals surface area contributed by atoms with Crippen molar-refractivity contribution in [3.8, 4) is 0 Å². The van der Waals surface area contributed by atoms with Gasteiger partial charge in [-0.05, 0) is 40.7 Å². The fraction of sp³-hybridized carbons (Fsp3) is 1.00. The molecule has 0 spiro atoms. The SMILES string of the molecule is CC(C)OCCN(C)C(C)CNCC1CCCO1. The number of likely N-dealkylation sites (N-methyl/N-ethyl adjacent to an activating group) is 1. The molecule has 0 radical (unpaired) electrons. The van der Waals surface area contributed by atoms with Gasteiger partial charge in [0.2, 0.25) is 0 Å². The topological polar surface area (TPSA) is 33.7 Å². The molecule has 1 heterocycles. The van der Waals surface area contributed by atoms with Gasteiger partial charge < -0.3 is 19.7 Å². The molecule has 1 saturated heterocycles. The Morgan fingerprint density at radius 2 is 2.17 bits per heavy atom. The minimum absolute atomic E-state index is 0.325. The largest absolute Gasteiger partial charge is 0.377 e. The smallest absolute Gasteiger partial charge is 0.0700 e. The summed E-state index contributed by atoms with van der Waals surface area (Å²) in [4.78, 5) is 2.34. The first-order valence-electron chi connectivity index (χ1n) is 7.23. The molecule has 0 bridgehead atoms. The predicted octanol–water partition coefficient (Wildman–Crippen LogP) is 1.50. The highest BCUT2D eigenvalue weighted by atomic mass is 16.5. The van der Waals surface area contributed by atoms with Crippen molar-refractivity contribution in [2.24, 2.45) is 0 Å². The minimum Gasteiger partial charge on any atom is -0.377 e. The number of ether oxygens (including phenoxy) is 2. The Labute approximate surface area is 112 Å². The van der Waals surface area contributed by atoms with E-state index in [0.29, 0.717) is 18.2 Å². The fourth-order valence-corrected chi connectivity index (χ4v) is 2.07. The Hall–Kier alpha value is -0.160. The highest BCUT2D eigenvalue weighted by Gasteiger charge is 2.15. The molecule has 0 aromatic rings. The number of hydrogen-bond donors (Lipinski definition) is 1. The Morgan fingerprint density at radius 3 is 2.78 bits per heavy atom. The van der Waals surface area contributed by atoms with E-state index in [1.165, 1.54) is 12.8 Å². The summed E-state index contributed by atoms with van der Waals surface area (Å²) >= 11 is 0. The summed E-state index contributed by atoms with van der Waals surface area (Å²) in [7, 11) is 2.15. The van der Waals surface area contributed by atoms with Gasteiger partial charge in [0.25, 0.3) is 0 Å². The first-order valence-corrected chi connectivity index (χ1v) is 7.23. The molecule has 0 aromatic carbocycles. The summed E-state index contributed by atoms with van der Waals surface area (Å²) in [6.07, 6.45) is 3.19. The average molecular weight is 258 g/mol. The molecule has 4 heteroatoms. The fourth-order valence-electron chi connectivity index (χ4n) is 2.07. The van der Waals surface area contributed by atoms with Crippen molar-refractivity contribution in [1.82, 2.24) is 10.2 Å². The molecular weight excluding hydrogens is 228 g/mol. The van der Waals surface area contributed by atoms with Crippen LogP contribution in [0.3, 0.4) is 0 Å². The van der Waals surface area contributed by atoms with E-state index in [4.69, 9.17) is 9.47 Å². The first-order chi connectivity index (χ1) is 8.59. The molecule has 0 aromatic heterocycles. The van der Waals surface area contributed by atoms with E-state index in [9.17, 15) is 0 Å². The van der Waals surface area contributed by atoms with Crippen LogP contribution in [-0.2, 0) is 9.47 Å². The van der Waals surface area contributed by atoms with Gasteiger partial charge in [-0.25, -0.2) is 0 Å². The van der Waals surface area contributed by atoms with Gasteiger partial charge >= 0.3 is 0 Å². The zero-order chi connectivity index (χ0) is 13.4. The summed E-state index contributed by atoms with van der Waals surface area (Å²) in [6, 6.07) is 0.530. The van der Waals surface area contributed by atoms with E-state index in [1.54, 1.807) is 0 Å². The molecule has 0 aliphatic carbocycles. The summed E-state index contributed by atoms with van der Waals surface area (Å²) in [5.41, 5.74) is 0. The molecule has 1 aliphatic rings. The van der Waals surface area contributed by atoms with Gasteiger partial charge in [-0.1, -0.05) is 0 Å². The average Bonchev–Trinajstić information content (AvgIpc) is 2.81. The van der Waals surface area contributed by atoms with Crippen molar-refractivity contribution < 1.29 is 9.47 Å². The number of rotatable bonds is 9.